The Morgan fingerprint density at radius 1 is 0.789 bits per heavy atom. The van der Waals surface area contributed by atoms with Crippen molar-refractivity contribution >= 4 is 17.8 Å². The average Bonchev–Trinajstić information content (AvgIpc) is 3.17. The van der Waals surface area contributed by atoms with Crippen LogP contribution in [-0.2, 0) is 43.2 Å². The third kappa shape index (κ3) is 8.69. The Kier molecular flexibility index (Phi) is 9.71. The Hall–Kier alpha value is -3.19. The molecule has 2 aromatic rings. The van der Waals surface area contributed by atoms with Crippen LogP contribution < -0.4 is 5.32 Å². The van der Waals surface area contributed by atoms with Gasteiger partial charge >= 0.3 is 11.9 Å². The average molecular weight is 523 g/mol. The number of carbonyl (C=O) groups excluding carboxylic acids is 2. The highest BCUT2D eigenvalue weighted by atomic mass is 16.6. The van der Waals surface area contributed by atoms with Crippen molar-refractivity contribution in [2.75, 3.05) is 7.11 Å². The third-order valence-corrected chi connectivity index (χ3v) is 6.13. The van der Waals surface area contributed by atoms with Crippen molar-refractivity contribution in [3.8, 4) is 0 Å². The summed E-state index contributed by atoms with van der Waals surface area (Å²) in [5.74, 6) is 0.0733. The summed E-state index contributed by atoms with van der Waals surface area (Å²) in [6, 6.07) is 15.6. The molecule has 0 bridgehead atoms. The smallest absolute Gasteiger partial charge is 0.331 e. The van der Waals surface area contributed by atoms with Gasteiger partial charge in [0.05, 0.1) is 7.11 Å². The minimum absolute atomic E-state index is 0.143. The lowest BCUT2D eigenvalue weighted by Gasteiger charge is -2.23. The van der Waals surface area contributed by atoms with Gasteiger partial charge in [-0.15, -0.1) is 0 Å². The van der Waals surface area contributed by atoms with E-state index in [1.165, 1.54) is 11.1 Å². The van der Waals surface area contributed by atoms with Crippen molar-refractivity contribution in [2.45, 2.75) is 97.1 Å². The first-order valence-electron chi connectivity index (χ1n) is 13.3. The zero-order valence-electron chi connectivity index (χ0n) is 23.8. The second-order valence-corrected chi connectivity index (χ2v) is 11.7. The Morgan fingerprint density at radius 3 is 1.97 bits per heavy atom. The van der Waals surface area contributed by atoms with Crippen LogP contribution in [0.1, 0.15) is 76.6 Å². The second-order valence-electron chi connectivity index (χ2n) is 11.7. The van der Waals surface area contributed by atoms with E-state index in [4.69, 9.17) is 14.2 Å². The number of nitrogens with one attached hydrogen (secondary N) is 1. The summed E-state index contributed by atoms with van der Waals surface area (Å²) in [6.45, 7) is 12.0. The van der Waals surface area contributed by atoms with Crippen molar-refractivity contribution in [1.29, 1.82) is 0 Å². The molecule has 1 N–H and O–H groups in total. The molecule has 2 heterocycles. The summed E-state index contributed by atoms with van der Waals surface area (Å²) in [5.41, 5.74) is 3.80. The molecule has 7 nitrogen and oxygen atoms in total. The molecule has 206 valence electrons. The summed E-state index contributed by atoms with van der Waals surface area (Å²) in [4.78, 5) is 28.7. The SMILES string of the molecule is CC(C)(C)OC(=O)C1CCc2ccccc2CN1.COC1=NC(C(=O)OC(C)(C)C)CCc2ccccc21. The predicted molar refractivity (Wildman–Crippen MR) is 149 cm³/mol. The van der Waals surface area contributed by atoms with E-state index >= 15 is 0 Å². The molecule has 7 heteroatoms. The van der Waals surface area contributed by atoms with Crippen LogP contribution in [0.2, 0.25) is 0 Å². The Morgan fingerprint density at radius 2 is 1.34 bits per heavy atom. The summed E-state index contributed by atoms with van der Waals surface area (Å²) in [7, 11) is 1.58. The summed E-state index contributed by atoms with van der Waals surface area (Å²) in [6.07, 6.45) is 3.15. The molecule has 4 rings (SSSR count). The van der Waals surface area contributed by atoms with Gasteiger partial charge in [0.15, 0.2) is 6.04 Å². The largest absolute Gasteiger partial charge is 0.481 e. The highest BCUT2D eigenvalue weighted by molar-refractivity contribution is 5.97. The van der Waals surface area contributed by atoms with Gasteiger partial charge in [-0.1, -0.05) is 42.5 Å². The minimum atomic E-state index is -0.503. The van der Waals surface area contributed by atoms with E-state index in [0.29, 0.717) is 12.3 Å². The zero-order chi connectivity index (χ0) is 27.9. The van der Waals surface area contributed by atoms with Gasteiger partial charge in [0, 0.05) is 12.1 Å². The second kappa shape index (κ2) is 12.6. The van der Waals surface area contributed by atoms with Crippen LogP contribution in [0, 0.1) is 0 Å². The monoisotopic (exact) mass is 522 g/mol. The molecule has 0 fully saturated rings. The number of hydrogen-bond acceptors (Lipinski definition) is 7. The van der Waals surface area contributed by atoms with E-state index in [2.05, 4.69) is 22.4 Å². The first-order chi connectivity index (χ1) is 17.9. The van der Waals surface area contributed by atoms with E-state index < -0.39 is 17.2 Å². The maximum absolute atomic E-state index is 12.2. The Balaban J connectivity index is 0.000000212. The molecule has 0 aromatic heterocycles. The molecule has 2 aliphatic rings. The van der Waals surface area contributed by atoms with Crippen molar-refractivity contribution in [2.24, 2.45) is 4.99 Å². The van der Waals surface area contributed by atoms with Crippen LogP contribution in [-0.4, -0.2) is 48.2 Å². The molecule has 0 radical (unpaired) electrons. The number of benzene rings is 2. The highest BCUT2D eigenvalue weighted by Crippen LogP contribution is 2.22. The number of ether oxygens (including phenoxy) is 3. The first-order valence-corrected chi connectivity index (χ1v) is 13.3. The third-order valence-electron chi connectivity index (χ3n) is 6.13. The number of nitrogens with zero attached hydrogens (tertiary/aromatic N) is 1. The lowest BCUT2D eigenvalue weighted by atomic mass is 10.0. The number of esters is 2. The number of aryl methyl sites for hydroxylation is 2. The quantitative estimate of drug-likeness (QED) is 0.548. The van der Waals surface area contributed by atoms with Gasteiger partial charge in [0.25, 0.3) is 0 Å². The van der Waals surface area contributed by atoms with Crippen LogP contribution >= 0.6 is 0 Å². The fourth-order valence-corrected chi connectivity index (χ4v) is 4.40. The van der Waals surface area contributed by atoms with E-state index in [-0.39, 0.29) is 18.0 Å². The van der Waals surface area contributed by atoms with E-state index in [1.807, 2.05) is 77.9 Å². The maximum Gasteiger partial charge on any atom is 0.331 e. The summed E-state index contributed by atoms with van der Waals surface area (Å²) < 4.78 is 16.2. The van der Waals surface area contributed by atoms with E-state index in [1.54, 1.807) is 7.11 Å². The van der Waals surface area contributed by atoms with Crippen molar-refractivity contribution in [3.63, 3.8) is 0 Å². The van der Waals surface area contributed by atoms with Crippen LogP contribution in [0.3, 0.4) is 0 Å². The number of rotatable bonds is 2. The van der Waals surface area contributed by atoms with Crippen molar-refractivity contribution < 1.29 is 23.8 Å². The Labute approximate surface area is 227 Å². The molecule has 0 aliphatic carbocycles. The van der Waals surface area contributed by atoms with Crippen LogP contribution in [0.25, 0.3) is 0 Å². The normalized spacial score (nSPS) is 19.2. The lowest BCUT2D eigenvalue weighted by molar-refractivity contribution is -0.158. The number of methoxy groups -OCH3 is 1. The molecule has 0 saturated carbocycles. The summed E-state index contributed by atoms with van der Waals surface area (Å²) in [5, 5.41) is 3.29. The van der Waals surface area contributed by atoms with E-state index in [0.717, 1.165) is 36.9 Å². The van der Waals surface area contributed by atoms with E-state index in [9.17, 15) is 9.59 Å². The molecule has 2 unspecified atom stereocenters. The molecule has 2 atom stereocenters. The van der Waals surface area contributed by atoms with Crippen molar-refractivity contribution in [1.82, 2.24) is 5.32 Å². The number of hydrogen-bond donors (Lipinski definition) is 1. The number of carbonyl (C=O) groups is 2. The van der Waals surface area contributed by atoms with Gasteiger partial charge in [0.2, 0.25) is 5.90 Å². The molecular weight excluding hydrogens is 480 g/mol. The molecule has 2 aromatic carbocycles. The minimum Gasteiger partial charge on any atom is -0.481 e. The predicted octanol–water partition coefficient (Wildman–Crippen LogP) is 5.17. The fourth-order valence-electron chi connectivity index (χ4n) is 4.40. The number of fused-ring (bicyclic) bond motifs is 2. The van der Waals surface area contributed by atoms with Crippen LogP contribution in [0.5, 0.6) is 0 Å². The number of aliphatic imine (C=N–C) groups is 1. The van der Waals surface area contributed by atoms with Crippen molar-refractivity contribution in [3.05, 3.63) is 70.8 Å². The standard InChI is InChI=1S/C16H21NO3.C15H21NO2/c1-16(2,3)20-15(18)13-10-9-11-7-5-6-8-12(11)14(17-13)19-4;1-15(2,3)18-14(17)13-9-8-11-6-4-5-7-12(11)10-16-13/h5-8,13H,9-10H2,1-4H3;4-7,13,16H,8-10H2,1-3H3. The molecule has 2 aliphatic heterocycles. The highest BCUT2D eigenvalue weighted by Gasteiger charge is 2.29. The Bertz CT molecular complexity index is 1120. The molecule has 0 spiro atoms. The summed E-state index contributed by atoms with van der Waals surface area (Å²) >= 11 is 0. The van der Waals surface area contributed by atoms with Crippen LogP contribution in [0.4, 0.5) is 0 Å². The molecule has 0 amide bonds. The molecule has 38 heavy (non-hydrogen) atoms. The van der Waals surface area contributed by atoms with Gasteiger partial charge in [-0.05, 0) is 90.0 Å². The lowest BCUT2D eigenvalue weighted by Crippen LogP contribution is -2.40. The first kappa shape index (κ1) is 29.4. The molecule has 0 saturated heterocycles. The fraction of sp³-hybridized carbons (Fsp3) is 0.516. The van der Waals surface area contributed by atoms with Gasteiger partial charge in [0.1, 0.15) is 17.2 Å². The maximum atomic E-state index is 12.2. The topological polar surface area (TPSA) is 86.2 Å². The molecular formula is C31H42N2O5. The van der Waals surface area contributed by atoms with Gasteiger partial charge in [-0.25, -0.2) is 9.79 Å². The zero-order valence-corrected chi connectivity index (χ0v) is 23.8. The van der Waals surface area contributed by atoms with Gasteiger partial charge in [-0.3, -0.25) is 4.79 Å². The van der Waals surface area contributed by atoms with Crippen LogP contribution in [0.15, 0.2) is 53.5 Å². The van der Waals surface area contributed by atoms with Gasteiger partial charge in [-0.2, -0.15) is 0 Å². The van der Waals surface area contributed by atoms with Gasteiger partial charge < -0.3 is 19.5 Å².